The second-order valence-electron chi connectivity index (χ2n) is 4.02. The zero-order valence-electron chi connectivity index (χ0n) is 9.78. The maximum atomic E-state index is 5.75. The summed E-state index contributed by atoms with van der Waals surface area (Å²) in [6.07, 6.45) is 0. The molecule has 2 N–H and O–H groups in total. The largest absolute Gasteiger partial charge is 0.384 e. The Bertz CT molecular complexity index is 492. The van der Waals surface area contributed by atoms with Gasteiger partial charge in [-0.15, -0.1) is 0 Å². The first-order valence-electron chi connectivity index (χ1n) is 5.25. The maximum absolute atomic E-state index is 5.75. The van der Waals surface area contributed by atoms with Crippen molar-refractivity contribution in [2.45, 2.75) is 20.8 Å². The fourth-order valence-corrected chi connectivity index (χ4v) is 1.87. The van der Waals surface area contributed by atoms with Crippen LogP contribution >= 0.6 is 0 Å². The standard InChI is InChI=1S/C13H15N3/c1-8-5-4-6-9(2)12(8)13-15-10(3)7-11(14)16-13/h4-7H,1-3H3,(H2,14,15,16). The molecule has 1 aromatic carbocycles. The summed E-state index contributed by atoms with van der Waals surface area (Å²) < 4.78 is 0. The first kappa shape index (κ1) is 10.6. The highest BCUT2D eigenvalue weighted by Crippen LogP contribution is 2.24. The zero-order valence-corrected chi connectivity index (χ0v) is 9.78. The van der Waals surface area contributed by atoms with Crippen molar-refractivity contribution in [1.29, 1.82) is 0 Å². The predicted octanol–water partition coefficient (Wildman–Crippen LogP) is 2.65. The van der Waals surface area contributed by atoms with Gasteiger partial charge in [0.05, 0.1) is 0 Å². The number of hydrogen-bond acceptors (Lipinski definition) is 3. The lowest BCUT2D eigenvalue weighted by atomic mass is 10.0. The Balaban J connectivity index is 2.67. The highest BCUT2D eigenvalue weighted by Gasteiger charge is 2.09. The van der Waals surface area contributed by atoms with E-state index in [4.69, 9.17) is 5.73 Å². The highest BCUT2D eigenvalue weighted by atomic mass is 14.9. The normalized spacial score (nSPS) is 10.4. The van der Waals surface area contributed by atoms with Gasteiger partial charge in [0.1, 0.15) is 5.82 Å². The molecular formula is C13H15N3. The van der Waals surface area contributed by atoms with E-state index >= 15 is 0 Å². The van der Waals surface area contributed by atoms with Gasteiger partial charge in [-0.1, -0.05) is 18.2 Å². The van der Waals surface area contributed by atoms with E-state index in [0.717, 1.165) is 11.3 Å². The molecule has 0 radical (unpaired) electrons. The minimum atomic E-state index is 0.519. The molecule has 3 heteroatoms. The predicted molar refractivity (Wildman–Crippen MR) is 66.1 cm³/mol. The lowest BCUT2D eigenvalue weighted by Crippen LogP contribution is -2.00. The van der Waals surface area contributed by atoms with Gasteiger partial charge in [-0.3, -0.25) is 0 Å². The number of hydrogen-bond donors (Lipinski definition) is 1. The number of rotatable bonds is 1. The maximum Gasteiger partial charge on any atom is 0.162 e. The van der Waals surface area contributed by atoms with Crippen molar-refractivity contribution in [1.82, 2.24) is 9.97 Å². The van der Waals surface area contributed by atoms with E-state index in [2.05, 4.69) is 35.9 Å². The molecule has 0 aliphatic rings. The molecule has 0 aliphatic carbocycles. The van der Waals surface area contributed by atoms with E-state index in [1.165, 1.54) is 11.1 Å². The molecule has 2 aromatic rings. The average molecular weight is 213 g/mol. The summed E-state index contributed by atoms with van der Waals surface area (Å²) in [7, 11) is 0. The number of nitrogen functional groups attached to an aromatic ring is 1. The Labute approximate surface area is 95.4 Å². The Morgan fingerprint density at radius 2 is 1.62 bits per heavy atom. The Morgan fingerprint density at radius 1 is 1.00 bits per heavy atom. The van der Waals surface area contributed by atoms with Gasteiger partial charge in [0, 0.05) is 17.3 Å². The minimum absolute atomic E-state index is 0.519. The Morgan fingerprint density at radius 3 is 2.19 bits per heavy atom. The Kier molecular flexibility index (Phi) is 2.60. The van der Waals surface area contributed by atoms with Gasteiger partial charge >= 0.3 is 0 Å². The third kappa shape index (κ3) is 1.89. The van der Waals surface area contributed by atoms with Crippen LogP contribution in [0.2, 0.25) is 0 Å². The van der Waals surface area contributed by atoms with Gasteiger partial charge in [-0.25, -0.2) is 9.97 Å². The second-order valence-corrected chi connectivity index (χ2v) is 4.02. The molecule has 16 heavy (non-hydrogen) atoms. The second kappa shape index (κ2) is 3.93. The van der Waals surface area contributed by atoms with Gasteiger partial charge in [0.15, 0.2) is 5.82 Å². The summed E-state index contributed by atoms with van der Waals surface area (Å²) in [5, 5.41) is 0. The van der Waals surface area contributed by atoms with E-state index in [1.807, 2.05) is 13.0 Å². The first-order valence-corrected chi connectivity index (χ1v) is 5.25. The molecule has 3 nitrogen and oxygen atoms in total. The molecule has 0 bridgehead atoms. The van der Waals surface area contributed by atoms with Gasteiger partial charge < -0.3 is 5.73 Å². The summed E-state index contributed by atoms with van der Waals surface area (Å²) in [6, 6.07) is 7.93. The van der Waals surface area contributed by atoms with Crippen molar-refractivity contribution in [3.63, 3.8) is 0 Å². The van der Waals surface area contributed by atoms with Crippen LogP contribution in [0.4, 0.5) is 5.82 Å². The molecule has 82 valence electrons. The Hall–Kier alpha value is -1.90. The zero-order chi connectivity index (χ0) is 11.7. The van der Waals surface area contributed by atoms with Crippen molar-refractivity contribution in [2.75, 3.05) is 5.73 Å². The fourth-order valence-electron chi connectivity index (χ4n) is 1.87. The van der Waals surface area contributed by atoms with Crippen LogP contribution < -0.4 is 5.73 Å². The van der Waals surface area contributed by atoms with Crippen LogP contribution in [0.3, 0.4) is 0 Å². The lowest BCUT2D eigenvalue weighted by Gasteiger charge is -2.09. The van der Waals surface area contributed by atoms with E-state index in [9.17, 15) is 0 Å². The van der Waals surface area contributed by atoms with Gasteiger partial charge in [0.2, 0.25) is 0 Å². The van der Waals surface area contributed by atoms with Crippen LogP contribution in [0.15, 0.2) is 24.3 Å². The molecule has 0 unspecified atom stereocenters. The molecule has 0 amide bonds. The van der Waals surface area contributed by atoms with Crippen molar-refractivity contribution in [3.05, 3.63) is 41.1 Å². The third-order valence-corrected chi connectivity index (χ3v) is 2.58. The lowest BCUT2D eigenvalue weighted by molar-refractivity contribution is 1.11. The summed E-state index contributed by atoms with van der Waals surface area (Å²) in [4.78, 5) is 8.73. The van der Waals surface area contributed by atoms with Crippen LogP contribution in [0, 0.1) is 20.8 Å². The number of aromatic nitrogens is 2. The van der Waals surface area contributed by atoms with E-state index in [0.29, 0.717) is 11.6 Å². The fraction of sp³-hybridized carbons (Fsp3) is 0.231. The molecule has 0 fully saturated rings. The van der Waals surface area contributed by atoms with Crippen LogP contribution in [0.25, 0.3) is 11.4 Å². The summed E-state index contributed by atoms with van der Waals surface area (Å²) in [5.41, 5.74) is 10.1. The first-order chi connectivity index (χ1) is 7.58. The summed E-state index contributed by atoms with van der Waals surface area (Å²) in [6.45, 7) is 6.05. The SMILES string of the molecule is Cc1cc(N)nc(-c2c(C)cccc2C)n1. The van der Waals surface area contributed by atoms with Crippen molar-refractivity contribution in [3.8, 4) is 11.4 Å². The van der Waals surface area contributed by atoms with Gasteiger partial charge in [-0.2, -0.15) is 0 Å². The molecule has 1 heterocycles. The van der Waals surface area contributed by atoms with Gasteiger partial charge in [0.25, 0.3) is 0 Å². The van der Waals surface area contributed by atoms with Crippen molar-refractivity contribution in [2.24, 2.45) is 0 Å². The van der Waals surface area contributed by atoms with Gasteiger partial charge in [-0.05, 0) is 31.9 Å². The van der Waals surface area contributed by atoms with Crippen molar-refractivity contribution >= 4 is 5.82 Å². The smallest absolute Gasteiger partial charge is 0.162 e. The number of nitrogens with two attached hydrogens (primary N) is 1. The van der Waals surface area contributed by atoms with Crippen LogP contribution in [0.1, 0.15) is 16.8 Å². The number of nitrogens with zero attached hydrogens (tertiary/aromatic N) is 2. The average Bonchev–Trinajstić information content (AvgIpc) is 2.15. The quantitative estimate of drug-likeness (QED) is 0.792. The van der Waals surface area contributed by atoms with Crippen molar-refractivity contribution < 1.29 is 0 Å². The summed E-state index contributed by atoms with van der Waals surface area (Å²) in [5.74, 6) is 1.23. The van der Waals surface area contributed by atoms with E-state index in [-0.39, 0.29) is 0 Å². The molecule has 2 rings (SSSR count). The topological polar surface area (TPSA) is 51.8 Å². The van der Waals surface area contributed by atoms with E-state index < -0.39 is 0 Å². The monoisotopic (exact) mass is 213 g/mol. The van der Waals surface area contributed by atoms with Crippen LogP contribution in [0.5, 0.6) is 0 Å². The van der Waals surface area contributed by atoms with E-state index in [1.54, 1.807) is 6.07 Å². The molecular weight excluding hydrogens is 198 g/mol. The summed E-state index contributed by atoms with van der Waals surface area (Å²) >= 11 is 0. The minimum Gasteiger partial charge on any atom is -0.384 e. The number of benzene rings is 1. The highest BCUT2D eigenvalue weighted by molar-refractivity contribution is 5.65. The molecule has 0 saturated heterocycles. The number of anilines is 1. The molecule has 0 aliphatic heterocycles. The van der Waals surface area contributed by atoms with Crippen LogP contribution in [-0.2, 0) is 0 Å². The molecule has 0 spiro atoms. The third-order valence-electron chi connectivity index (χ3n) is 2.58. The molecule has 0 saturated carbocycles. The molecule has 0 atom stereocenters. The van der Waals surface area contributed by atoms with Crippen LogP contribution in [-0.4, -0.2) is 9.97 Å². The number of aryl methyl sites for hydroxylation is 3. The molecule has 1 aromatic heterocycles.